The lowest BCUT2D eigenvalue weighted by Crippen LogP contribution is -2.04. The molecule has 2 aromatic rings. The van der Waals surface area contributed by atoms with Crippen molar-refractivity contribution in [2.75, 3.05) is 0 Å². The van der Waals surface area contributed by atoms with E-state index in [0.29, 0.717) is 5.65 Å². The Hall–Kier alpha value is -1.91. The van der Waals surface area contributed by atoms with Gasteiger partial charge in [-0.15, -0.1) is 0 Å². The van der Waals surface area contributed by atoms with Gasteiger partial charge in [-0.3, -0.25) is 0 Å². The van der Waals surface area contributed by atoms with E-state index in [1.54, 1.807) is 4.52 Å². The predicted octanol–water partition coefficient (Wildman–Crippen LogP) is 1.86. The first kappa shape index (κ1) is 10.6. The molecule has 0 aromatic carbocycles. The molecule has 0 aliphatic carbocycles. The molecule has 0 aliphatic heterocycles. The largest absolute Gasteiger partial charge is 0.476 e. The van der Waals surface area contributed by atoms with E-state index >= 15 is 0 Å². The van der Waals surface area contributed by atoms with Crippen molar-refractivity contribution in [1.82, 2.24) is 14.6 Å². The summed E-state index contributed by atoms with van der Waals surface area (Å²) in [5.74, 6) is -0.761. The minimum atomic E-state index is -1.03. The average molecular weight is 219 g/mol. The van der Waals surface area contributed by atoms with Crippen LogP contribution in [0.4, 0.5) is 0 Å². The highest BCUT2D eigenvalue weighted by atomic mass is 16.4. The Bertz CT molecular complexity index is 558. The molecule has 0 saturated carbocycles. The van der Waals surface area contributed by atoms with Crippen LogP contribution in [0.1, 0.15) is 41.6 Å². The van der Waals surface area contributed by atoms with E-state index in [-0.39, 0.29) is 11.6 Å². The van der Waals surface area contributed by atoms with E-state index in [2.05, 4.69) is 10.1 Å². The Labute approximate surface area is 92.7 Å². The number of hydrogen-bond donors (Lipinski definition) is 1. The Morgan fingerprint density at radius 2 is 2.12 bits per heavy atom. The molecule has 0 unspecified atom stereocenters. The van der Waals surface area contributed by atoms with E-state index < -0.39 is 5.97 Å². The van der Waals surface area contributed by atoms with Gasteiger partial charge in [0.05, 0.1) is 0 Å². The Balaban J connectivity index is 2.75. The van der Waals surface area contributed by atoms with Crippen molar-refractivity contribution in [2.45, 2.75) is 26.7 Å². The summed E-state index contributed by atoms with van der Waals surface area (Å²) in [5.41, 5.74) is 2.45. The van der Waals surface area contributed by atoms with Crippen molar-refractivity contribution in [2.24, 2.45) is 0 Å². The summed E-state index contributed by atoms with van der Waals surface area (Å²) in [6.45, 7) is 5.96. The number of rotatable bonds is 2. The number of nitrogens with zero attached hydrogens (tertiary/aromatic N) is 3. The molecule has 0 aliphatic rings. The molecule has 16 heavy (non-hydrogen) atoms. The minimum absolute atomic E-state index is 0.0278. The van der Waals surface area contributed by atoms with Crippen molar-refractivity contribution in [1.29, 1.82) is 0 Å². The van der Waals surface area contributed by atoms with Gasteiger partial charge < -0.3 is 5.11 Å². The smallest absolute Gasteiger partial charge is 0.356 e. The third-order valence-corrected chi connectivity index (χ3v) is 2.39. The van der Waals surface area contributed by atoms with Gasteiger partial charge in [0.1, 0.15) is 0 Å². The summed E-state index contributed by atoms with van der Waals surface area (Å²) >= 11 is 0. The minimum Gasteiger partial charge on any atom is -0.476 e. The zero-order valence-corrected chi connectivity index (χ0v) is 9.43. The van der Waals surface area contributed by atoms with Gasteiger partial charge in [0, 0.05) is 17.5 Å². The molecule has 5 heteroatoms. The summed E-state index contributed by atoms with van der Waals surface area (Å²) < 4.78 is 1.60. The molecule has 0 bridgehead atoms. The lowest BCUT2D eigenvalue weighted by Gasteiger charge is -2.08. The molecule has 0 radical (unpaired) electrons. The Kier molecular flexibility index (Phi) is 2.38. The van der Waals surface area contributed by atoms with Gasteiger partial charge in [-0.05, 0) is 18.9 Å². The van der Waals surface area contributed by atoms with Crippen LogP contribution in [0, 0.1) is 6.92 Å². The fourth-order valence-electron chi connectivity index (χ4n) is 1.64. The summed E-state index contributed by atoms with van der Waals surface area (Å²) in [7, 11) is 0. The zero-order valence-electron chi connectivity index (χ0n) is 9.43. The van der Waals surface area contributed by atoms with Gasteiger partial charge in [-0.1, -0.05) is 13.8 Å². The van der Waals surface area contributed by atoms with Crippen LogP contribution < -0.4 is 0 Å². The fourth-order valence-corrected chi connectivity index (χ4v) is 1.64. The maximum Gasteiger partial charge on any atom is 0.356 e. The SMILES string of the molecule is Cc1cc(C(C)C)n2nc(C(=O)O)cc2n1. The number of aromatic carboxylic acids is 1. The summed E-state index contributed by atoms with van der Waals surface area (Å²) in [4.78, 5) is 15.1. The van der Waals surface area contributed by atoms with Crippen LogP contribution >= 0.6 is 0 Å². The van der Waals surface area contributed by atoms with Gasteiger partial charge in [-0.25, -0.2) is 14.3 Å². The first-order chi connectivity index (χ1) is 7.49. The molecular weight excluding hydrogens is 206 g/mol. The lowest BCUT2D eigenvalue weighted by molar-refractivity contribution is 0.0690. The third kappa shape index (κ3) is 1.64. The van der Waals surface area contributed by atoms with E-state index in [1.807, 2.05) is 26.8 Å². The number of carbonyl (C=O) groups is 1. The molecule has 84 valence electrons. The maximum absolute atomic E-state index is 10.8. The van der Waals surface area contributed by atoms with Crippen LogP contribution in [0.25, 0.3) is 5.65 Å². The zero-order chi connectivity index (χ0) is 11.9. The number of carboxylic acids is 1. The lowest BCUT2D eigenvalue weighted by atomic mass is 10.1. The van der Waals surface area contributed by atoms with Crippen molar-refractivity contribution < 1.29 is 9.90 Å². The highest BCUT2D eigenvalue weighted by Gasteiger charge is 2.14. The second-order valence-electron chi connectivity index (χ2n) is 4.08. The highest BCUT2D eigenvalue weighted by molar-refractivity contribution is 5.86. The molecule has 2 aromatic heterocycles. The van der Waals surface area contributed by atoms with Gasteiger partial charge in [0.2, 0.25) is 0 Å². The molecule has 0 atom stereocenters. The van der Waals surface area contributed by atoms with E-state index in [9.17, 15) is 4.79 Å². The van der Waals surface area contributed by atoms with Crippen LogP contribution in [-0.2, 0) is 0 Å². The van der Waals surface area contributed by atoms with Crippen molar-refractivity contribution in [3.63, 3.8) is 0 Å². The number of aromatic nitrogens is 3. The number of fused-ring (bicyclic) bond motifs is 1. The number of aryl methyl sites for hydroxylation is 1. The van der Waals surface area contributed by atoms with Crippen molar-refractivity contribution in [3.8, 4) is 0 Å². The van der Waals surface area contributed by atoms with Gasteiger partial charge >= 0.3 is 5.97 Å². The molecule has 2 rings (SSSR count). The third-order valence-electron chi connectivity index (χ3n) is 2.39. The Morgan fingerprint density at radius 1 is 1.44 bits per heavy atom. The van der Waals surface area contributed by atoms with Crippen LogP contribution in [0.3, 0.4) is 0 Å². The fraction of sp³-hybridized carbons (Fsp3) is 0.364. The normalized spacial score (nSPS) is 11.2. The summed E-state index contributed by atoms with van der Waals surface area (Å²) in [6, 6.07) is 3.41. The number of hydrogen-bond acceptors (Lipinski definition) is 3. The van der Waals surface area contributed by atoms with Gasteiger partial charge in [0.25, 0.3) is 0 Å². The molecule has 0 amide bonds. The molecule has 0 spiro atoms. The van der Waals surface area contributed by atoms with Crippen LogP contribution in [0.5, 0.6) is 0 Å². The highest BCUT2D eigenvalue weighted by Crippen LogP contribution is 2.17. The molecule has 2 heterocycles. The van der Waals surface area contributed by atoms with Crippen LogP contribution in [-0.4, -0.2) is 25.7 Å². The summed E-state index contributed by atoms with van der Waals surface area (Å²) in [6.07, 6.45) is 0. The maximum atomic E-state index is 10.8. The Morgan fingerprint density at radius 3 is 2.69 bits per heavy atom. The topological polar surface area (TPSA) is 67.5 Å². The molecule has 1 N–H and O–H groups in total. The molecule has 0 fully saturated rings. The van der Waals surface area contributed by atoms with Crippen molar-refractivity contribution >= 4 is 11.6 Å². The monoisotopic (exact) mass is 219 g/mol. The van der Waals surface area contributed by atoms with Gasteiger partial charge in [0.15, 0.2) is 11.3 Å². The van der Waals surface area contributed by atoms with Gasteiger partial charge in [-0.2, -0.15) is 5.10 Å². The van der Waals surface area contributed by atoms with Crippen LogP contribution in [0.2, 0.25) is 0 Å². The molecule has 0 saturated heterocycles. The predicted molar refractivity (Wildman–Crippen MR) is 58.8 cm³/mol. The van der Waals surface area contributed by atoms with E-state index in [0.717, 1.165) is 11.4 Å². The van der Waals surface area contributed by atoms with Crippen LogP contribution in [0.15, 0.2) is 12.1 Å². The number of carboxylic acid groups (broad SMARTS) is 1. The molecule has 5 nitrogen and oxygen atoms in total. The average Bonchev–Trinajstić information content (AvgIpc) is 2.59. The second kappa shape index (κ2) is 3.59. The van der Waals surface area contributed by atoms with E-state index in [1.165, 1.54) is 6.07 Å². The quantitative estimate of drug-likeness (QED) is 0.837. The van der Waals surface area contributed by atoms with Crippen molar-refractivity contribution in [3.05, 3.63) is 29.2 Å². The standard InChI is InChI=1S/C11H13N3O2/c1-6(2)9-4-7(3)12-10-5-8(11(15)16)13-14(9)10/h4-6H,1-3H3,(H,15,16). The first-order valence-corrected chi connectivity index (χ1v) is 5.09. The van der Waals surface area contributed by atoms with E-state index in [4.69, 9.17) is 5.11 Å². The summed E-state index contributed by atoms with van der Waals surface area (Å²) in [5, 5.41) is 12.9. The second-order valence-corrected chi connectivity index (χ2v) is 4.08. The molecular formula is C11H13N3O2. The first-order valence-electron chi connectivity index (χ1n) is 5.09.